The number of methoxy groups -OCH3 is 1. The topological polar surface area (TPSA) is 210 Å². The van der Waals surface area contributed by atoms with Gasteiger partial charge in [0.1, 0.15) is 5.60 Å². The van der Waals surface area contributed by atoms with E-state index in [4.69, 9.17) is 67.3 Å². The van der Waals surface area contributed by atoms with Crippen LogP contribution >= 0.6 is 0 Å². The van der Waals surface area contributed by atoms with Gasteiger partial charge in [-0.25, -0.2) is 0 Å². The van der Waals surface area contributed by atoms with E-state index in [1.807, 2.05) is 130 Å². The quantitative estimate of drug-likeness (QED) is 0.0438. The van der Waals surface area contributed by atoms with Crippen LogP contribution in [0.25, 0.3) is 0 Å². The Morgan fingerprint density at radius 1 is 0.469 bits per heavy atom. The molecule has 9 fully saturated rings. The molecule has 26 heteroatoms. The Balaban J connectivity index is 0.000000375. The van der Waals surface area contributed by atoms with Crippen LogP contribution in [0.5, 0.6) is 0 Å². The zero-order chi connectivity index (χ0) is 72.6. The average molecular weight is 1450 g/mol. The minimum atomic E-state index is -4.49. The highest BCUT2D eigenvalue weighted by atomic mass is 28.4. The van der Waals surface area contributed by atoms with Crippen LogP contribution in [-0.2, 0) is 81.7 Å². The van der Waals surface area contributed by atoms with Crippen molar-refractivity contribution in [3.05, 3.63) is 0 Å². The maximum absolute atomic E-state index is 12.5. The van der Waals surface area contributed by atoms with E-state index in [1.54, 1.807) is 0 Å². The molecule has 96 heavy (non-hydrogen) atoms. The Kier molecular flexibility index (Phi) is 41.8. The minimum absolute atomic E-state index is 0.0252. The van der Waals surface area contributed by atoms with Crippen LogP contribution in [0.2, 0.25) is 26.2 Å². The van der Waals surface area contributed by atoms with Gasteiger partial charge in [0.2, 0.25) is 0 Å². The van der Waals surface area contributed by atoms with Crippen molar-refractivity contribution >= 4 is 53.1 Å². The number of hydrogen-bond donors (Lipinski definition) is 1. The molecule has 13 unspecified atom stereocenters. The molecule has 8 saturated carbocycles. The van der Waals surface area contributed by atoms with Gasteiger partial charge in [-0.1, -0.05) is 25.7 Å². The van der Waals surface area contributed by atoms with Crippen LogP contribution in [0.15, 0.2) is 0 Å². The Bertz CT molecular complexity index is 1980. The lowest BCUT2D eigenvalue weighted by molar-refractivity contribution is -0.259. The zero-order valence-electron chi connectivity index (χ0n) is 63.7. The van der Waals surface area contributed by atoms with Gasteiger partial charge in [0.25, 0.3) is 0 Å². The molecule has 1 spiro atoms. The standard InChI is InChI=1S/C12H20O2.C11H17F3O.C10H14O2.C9H14O2.4C7H18O3Si/c1-12(2,3)14-11(13)10-7-8-4-5-9(10)6-8;1-10(15,11(12,13)14)6-9-5-7-2-3-8(9)4-7;11-9-5-10(6-12-9)4-7-1-2-8(10)3-7;1-11-9(10)8-5-6-2-3-7(8)4-6;4*1-5-8-11(4,9-6-2)10-7-3/h8-10H,4-7H2,1-3H3;7-9,15H,2-6H2,1H3;7-8H,1-6H2;6-8H,2-5H2,1H3;4*5-7H2,1-4H3. The predicted molar refractivity (Wildman–Crippen MR) is 375 cm³/mol. The molecule has 0 aromatic carbocycles. The van der Waals surface area contributed by atoms with Crippen molar-refractivity contribution in [2.24, 2.45) is 70.5 Å². The van der Waals surface area contributed by atoms with E-state index in [1.165, 1.54) is 77.7 Å². The lowest BCUT2D eigenvalue weighted by Crippen LogP contribution is -2.44. The summed E-state index contributed by atoms with van der Waals surface area (Å²) >= 11 is 0. The molecule has 0 aromatic rings. The summed E-state index contributed by atoms with van der Waals surface area (Å²) in [5.41, 5.74) is -2.51. The third kappa shape index (κ3) is 31.2. The summed E-state index contributed by atoms with van der Waals surface area (Å²) in [5.74, 6) is 6.41. The number of fused-ring (bicyclic) bond motifs is 9. The van der Waals surface area contributed by atoms with Gasteiger partial charge in [-0.15, -0.1) is 0 Å². The molecular weight excluding hydrogens is 1310 g/mol. The highest BCUT2D eigenvalue weighted by Crippen LogP contribution is 2.59. The Hall–Kier alpha value is -1.45. The SMILES string of the molecule is CC(C)(C)OC(=O)C1CC2CCC1C2.CC(O)(CC1CC2CCC1C2)C(F)(F)F.CCO[Si](C)(OCC)OCC.CCO[Si](C)(OCC)OCC.CCO[Si](C)(OCC)OCC.CCO[Si](C)(OCC)OCC.COC(=O)C1CC2CCC1C2.O=C1CC2(CO1)CC1CCC2C1. The summed E-state index contributed by atoms with van der Waals surface area (Å²) in [7, 11) is -7.50. The van der Waals surface area contributed by atoms with Gasteiger partial charge in [-0.3, -0.25) is 14.4 Å². The molecule has 1 heterocycles. The van der Waals surface area contributed by atoms with Crippen molar-refractivity contribution in [3.8, 4) is 0 Å². The van der Waals surface area contributed by atoms with E-state index in [0.717, 1.165) is 69.3 Å². The number of carbonyl (C=O) groups is 3. The molecule has 1 aliphatic heterocycles. The largest absolute Gasteiger partial charge is 0.497 e. The van der Waals surface area contributed by atoms with Gasteiger partial charge in [-0.2, -0.15) is 13.2 Å². The molecule has 19 nitrogen and oxygen atoms in total. The van der Waals surface area contributed by atoms with Crippen molar-refractivity contribution < 1.29 is 100.0 Å². The van der Waals surface area contributed by atoms with Crippen LogP contribution < -0.4 is 0 Å². The van der Waals surface area contributed by atoms with Gasteiger partial charge in [0, 0.05) is 111 Å². The molecular formula is C70H137F3O19Si4. The van der Waals surface area contributed by atoms with Crippen LogP contribution in [-0.4, -0.2) is 169 Å². The number of aliphatic hydroxyl groups is 1. The number of halogens is 3. The Morgan fingerprint density at radius 3 is 1.01 bits per heavy atom. The summed E-state index contributed by atoms with van der Waals surface area (Å²) < 4.78 is 118. The molecule has 9 rings (SSSR count). The summed E-state index contributed by atoms with van der Waals surface area (Å²) in [6.07, 6.45) is 15.6. The number of rotatable bonds is 28. The van der Waals surface area contributed by atoms with Gasteiger partial charge >= 0.3 is 59.3 Å². The smallest absolute Gasteiger partial charge is 0.469 e. The third-order valence-electron chi connectivity index (χ3n) is 19.8. The van der Waals surface area contributed by atoms with Crippen molar-refractivity contribution in [3.63, 3.8) is 0 Å². The fraction of sp³-hybridized carbons (Fsp3) is 0.957. The highest BCUT2D eigenvalue weighted by Gasteiger charge is 2.56. The van der Waals surface area contributed by atoms with Gasteiger partial charge in [0.05, 0.1) is 32.0 Å². The molecule has 8 bridgehead atoms. The van der Waals surface area contributed by atoms with Crippen molar-refractivity contribution in [1.29, 1.82) is 0 Å². The van der Waals surface area contributed by atoms with E-state index in [-0.39, 0.29) is 47.7 Å². The fourth-order valence-electron chi connectivity index (χ4n) is 16.1. The summed E-state index contributed by atoms with van der Waals surface area (Å²) in [4.78, 5) is 34.1. The number of hydrogen-bond acceptors (Lipinski definition) is 19. The third-order valence-corrected chi connectivity index (χ3v) is 29.6. The van der Waals surface area contributed by atoms with E-state index in [2.05, 4.69) is 0 Å². The van der Waals surface area contributed by atoms with Crippen LogP contribution in [0.3, 0.4) is 0 Å². The van der Waals surface area contributed by atoms with E-state index < -0.39 is 47.0 Å². The Morgan fingerprint density at radius 2 is 0.792 bits per heavy atom. The molecule has 0 radical (unpaired) electrons. The number of esters is 3. The molecule has 0 aromatic heterocycles. The zero-order valence-corrected chi connectivity index (χ0v) is 67.7. The fourth-order valence-corrected chi connectivity index (χ4v) is 23.4. The van der Waals surface area contributed by atoms with Crippen LogP contribution in [0.1, 0.15) is 226 Å². The van der Waals surface area contributed by atoms with Crippen molar-refractivity contribution in [2.75, 3.05) is 93.0 Å². The highest BCUT2D eigenvalue weighted by molar-refractivity contribution is 6.60. The molecule has 13 atom stereocenters. The van der Waals surface area contributed by atoms with Crippen molar-refractivity contribution in [2.45, 2.75) is 270 Å². The maximum Gasteiger partial charge on any atom is 0.497 e. The number of cyclic esters (lactones) is 1. The van der Waals surface area contributed by atoms with Gasteiger partial charge < -0.3 is 72.4 Å². The van der Waals surface area contributed by atoms with Crippen LogP contribution in [0.4, 0.5) is 13.2 Å². The number of carbonyl (C=O) groups excluding carboxylic acids is 3. The molecule has 568 valence electrons. The molecule has 9 aliphatic rings. The second-order valence-corrected chi connectivity index (χ2v) is 38.8. The number of ether oxygens (including phenoxy) is 3. The second-order valence-electron chi connectivity index (χ2n) is 28.5. The monoisotopic (exact) mass is 1450 g/mol. The van der Waals surface area contributed by atoms with Crippen molar-refractivity contribution in [1.82, 2.24) is 0 Å². The molecule has 8 aliphatic carbocycles. The summed E-state index contributed by atoms with van der Waals surface area (Å²) in [5, 5.41) is 9.41. The predicted octanol–water partition coefficient (Wildman–Crippen LogP) is 15.9. The first-order valence-corrected chi connectivity index (χ1v) is 45.9. The normalized spacial score (nSPS) is 27.9. The van der Waals surface area contributed by atoms with E-state index in [9.17, 15) is 32.7 Å². The second kappa shape index (κ2) is 44.3. The van der Waals surface area contributed by atoms with Gasteiger partial charge in [-0.05, 0) is 248 Å². The molecule has 0 amide bonds. The lowest BCUT2D eigenvalue weighted by Gasteiger charge is -2.32. The molecule has 1 N–H and O–H groups in total. The Labute approximate surface area is 583 Å². The maximum atomic E-state index is 12.5. The molecule has 1 saturated heterocycles. The van der Waals surface area contributed by atoms with Gasteiger partial charge in [0.15, 0.2) is 5.60 Å². The first kappa shape index (κ1) is 90.6. The average Bonchev–Trinajstić information content (AvgIpc) is 1.60. The first-order chi connectivity index (χ1) is 45.1. The number of alkyl halides is 3. The van der Waals surface area contributed by atoms with E-state index in [0.29, 0.717) is 115 Å². The van der Waals surface area contributed by atoms with E-state index >= 15 is 0 Å². The summed E-state index contributed by atoms with van der Waals surface area (Å²) in [6, 6.07) is 0. The van der Waals surface area contributed by atoms with Crippen LogP contribution in [0, 0.1) is 70.5 Å². The lowest BCUT2D eigenvalue weighted by atomic mass is 9.73. The minimum Gasteiger partial charge on any atom is -0.469 e. The first-order valence-electron chi connectivity index (χ1n) is 37.0. The summed E-state index contributed by atoms with van der Waals surface area (Å²) in [6.45, 7) is 46.4.